The number of aliphatic hydroxyl groups is 2. The summed E-state index contributed by atoms with van der Waals surface area (Å²) >= 11 is 0. The number of Topliss-reactive ketones (excluding diaryl/α,β-unsaturated/α-hetero) is 1. The number of hydrogen-bond acceptors (Lipinski definition) is 7. The minimum atomic E-state index is -1.76. The Morgan fingerprint density at radius 3 is 2.27 bits per heavy atom. The fourth-order valence-corrected chi connectivity index (χ4v) is 9.51. The van der Waals surface area contributed by atoms with Crippen molar-refractivity contribution in [3.8, 4) is 0 Å². The molecule has 0 heterocycles. The molecule has 246 valence electrons. The Balaban J connectivity index is 1.77. The van der Waals surface area contributed by atoms with Crippen LogP contribution in [0.25, 0.3) is 0 Å². The Labute approximate surface area is 264 Å². The van der Waals surface area contributed by atoms with E-state index in [1.165, 1.54) is 25.7 Å². The summed E-state index contributed by atoms with van der Waals surface area (Å²) in [6, 6.07) is 0. The molecule has 0 aromatic rings. The molecule has 0 aromatic carbocycles. The van der Waals surface area contributed by atoms with E-state index >= 15 is 0 Å². The maximum atomic E-state index is 13.6. The van der Waals surface area contributed by atoms with E-state index in [9.17, 15) is 24.6 Å². The molecule has 0 unspecified atom stereocenters. The Morgan fingerprint density at radius 1 is 1.07 bits per heavy atom. The second-order valence-corrected chi connectivity index (χ2v) is 15.1. The number of ether oxygens (including phenoxy) is 2. The van der Waals surface area contributed by atoms with Crippen LogP contribution in [0, 0.1) is 34.0 Å². The molecular weight excluding hydrogens is 556 g/mol. The first-order valence-corrected chi connectivity index (χ1v) is 16.9. The predicted octanol–water partition coefficient (Wildman–Crippen LogP) is 6.80. The molecule has 0 radical (unpaired) electrons. The number of unbranched alkanes of at least 4 members (excludes halogenated alkanes) is 6. The van der Waals surface area contributed by atoms with Gasteiger partial charge in [-0.25, -0.2) is 4.79 Å². The number of fused-ring (bicyclic) bond motifs is 5. The highest BCUT2D eigenvalue weighted by molar-refractivity contribution is 6.05. The smallest absolute Gasteiger partial charge is 0.333 e. The summed E-state index contributed by atoms with van der Waals surface area (Å²) < 4.78 is 12.9. The van der Waals surface area contributed by atoms with Crippen LogP contribution in [0.4, 0.5) is 0 Å². The van der Waals surface area contributed by atoms with Gasteiger partial charge in [-0.2, -0.15) is 0 Å². The molecule has 0 amide bonds. The molecule has 0 saturated heterocycles. The van der Waals surface area contributed by atoms with Crippen molar-refractivity contribution in [2.24, 2.45) is 34.0 Å². The van der Waals surface area contributed by atoms with E-state index in [-0.39, 0.29) is 36.6 Å². The third-order valence-corrected chi connectivity index (χ3v) is 12.6. The van der Waals surface area contributed by atoms with Gasteiger partial charge in [-0.05, 0) is 49.7 Å². The summed E-state index contributed by atoms with van der Waals surface area (Å²) in [4.78, 5) is 40.6. The van der Waals surface area contributed by atoms with E-state index in [0.717, 1.165) is 19.3 Å². The predicted molar refractivity (Wildman–Crippen MR) is 170 cm³/mol. The number of ketones is 1. The van der Waals surface area contributed by atoms with Crippen molar-refractivity contribution >= 4 is 17.7 Å². The molecule has 4 aliphatic rings. The maximum absolute atomic E-state index is 13.6. The molecule has 0 spiro atoms. The second-order valence-electron chi connectivity index (χ2n) is 15.1. The van der Waals surface area contributed by atoms with Gasteiger partial charge in [0.05, 0.1) is 6.61 Å². The largest absolute Gasteiger partial charge is 0.454 e. The van der Waals surface area contributed by atoms with E-state index in [1.807, 2.05) is 26.0 Å². The topological polar surface area (TPSA) is 110 Å². The van der Waals surface area contributed by atoms with Crippen molar-refractivity contribution < 1.29 is 34.1 Å². The van der Waals surface area contributed by atoms with Gasteiger partial charge < -0.3 is 19.7 Å². The van der Waals surface area contributed by atoms with Gasteiger partial charge in [0.1, 0.15) is 11.7 Å². The number of carbonyl (C=O) groups excluding carboxylic acids is 3. The van der Waals surface area contributed by atoms with Gasteiger partial charge in [-0.15, -0.1) is 0 Å². The molecule has 0 aliphatic heterocycles. The number of carbonyl (C=O) groups is 3. The number of aliphatic hydroxyl groups excluding tert-OH is 1. The molecule has 4 aliphatic carbocycles. The standard InChI is InChI=1S/C37H56O7/c1-10-12-13-14-15-16-17-18-28(39)44-37-29(33(37,6)7)27-19-26(22-38)21-36(42)30(40)24(4)20-34(36,8)35(27,9)25(5)31(37)43-32(41)23(3)11-2/h11,19-20,25,27,29,31,38,42H,10,12-18,21-22H2,1-9H3/b23-11+/t25-,27+,29-,31-,34+,35+,36+,37-/m1/s1. The first-order chi connectivity index (χ1) is 20.5. The van der Waals surface area contributed by atoms with Crippen molar-refractivity contribution in [3.63, 3.8) is 0 Å². The zero-order valence-electron chi connectivity index (χ0n) is 28.5. The molecule has 2 saturated carbocycles. The average Bonchev–Trinajstić information content (AvgIpc) is 3.42. The minimum Gasteiger partial charge on any atom is -0.454 e. The van der Waals surface area contributed by atoms with Crippen molar-refractivity contribution in [1.82, 2.24) is 0 Å². The summed E-state index contributed by atoms with van der Waals surface area (Å²) in [6.07, 6.45) is 12.8. The highest BCUT2D eigenvalue weighted by atomic mass is 16.6. The quantitative estimate of drug-likeness (QED) is 0.108. The van der Waals surface area contributed by atoms with Crippen LogP contribution in [0.1, 0.15) is 120 Å². The molecule has 7 nitrogen and oxygen atoms in total. The number of hydrogen-bond donors (Lipinski definition) is 2. The van der Waals surface area contributed by atoms with E-state index in [2.05, 4.69) is 27.7 Å². The summed E-state index contributed by atoms with van der Waals surface area (Å²) in [5, 5.41) is 22.7. The summed E-state index contributed by atoms with van der Waals surface area (Å²) in [5.41, 5.74) is -3.71. The fraction of sp³-hybridized carbons (Fsp3) is 0.757. The van der Waals surface area contributed by atoms with Gasteiger partial charge in [0.2, 0.25) is 0 Å². The molecule has 0 bridgehead atoms. The van der Waals surface area contributed by atoms with Gasteiger partial charge in [-0.1, -0.05) is 98.3 Å². The van der Waals surface area contributed by atoms with Crippen LogP contribution < -0.4 is 0 Å². The molecule has 4 rings (SSSR count). The Kier molecular flexibility index (Phi) is 9.57. The van der Waals surface area contributed by atoms with Crippen molar-refractivity contribution in [2.75, 3.05) is 6.61 Å². The van der Waals surface area contributed by atoms with Crippen LogP contribution in [-0.2, 0) is 23.9 Å². The van der Waals surface area contributed by atoms with Crippen LogP contribution in [0.5, 0.6) is 0 Å². The average molecular weight is 613 g/mol. The highest BCUT2D eigenvalue weighted by Gasteiger charge is 2.88. The Hall–Kier alpha value is -2.25. The van der Waals surface area contributed by atoms with Crippen LogP contribution in [0.15, 0.2) is 34.9 Å². The lowest BCUT2D eigenvalue weighted by Gasteiger charge is -2.59. The monoisotopic (exact) mass is 612 g/mol. The van der Waals surface area contributed by atoms with Gasteiger partial charge in [0.25, 0.3) is 0 Å². The summed E-state index contributed by atoms with van der Waals surface area (Å²) in [6.45, 7) is 17.3. The maximum Gasteiger partial charge on any atom is 0.333 e. The van der Waals surface area contributed by atoms with E-state index in [0.29, 0.717) is 23.1 Å². The zero-order chi connectivity index (χ0) is 32.9. The van der Waals surface area contributed by atoms with Gasteiger partial charge in [0.15, 0.2) is 11.4 Å². The number of rotatable bonds is 12. The molecule has 0 aromatic heterocycles. The van der Waals surface area contributed by atoms with Crippen LogP contribution >= 0.6 is 0 Å². The third-order valence-electron chi connectivity index (χ3n) is 12.6. The molecule has 2 fully saturated rings. The molecular formula is C37H56O7. The van der Waals surface area contributed by atoms with Crippen LogP contribution in [0.3, 0.4) is 0 Å². The minimum absolute atomic E-state index is 0.0197. The molecule has 2 N–H and O–H groups in total. The van der Waals surface area contributed by atoms with E-state index < -0.39 is 45.4 Å². The van der Waals surface area contributed by atoms with Gasteiger partial charge >= 0.3 is 11.9 Å². The van der Waals surface area contributed by atoms with Crippen molar-refractivity contribution in [3.05, 3.63) is 34.9 Å². The van der Waals surface area contributed by atoms with E-state index in [4.69, 9.17) is 9.47 Å². The molecule has 44 heavy (non-hydrogen) atoms. The fourth-order valence-electron chi connectivity index (χ4n) is 9.51. The first-order valence-electron chi connectivity index (χ1n) is 16.9. The lowest BCUT2D eigenvalue weighted by atomic mass is 9.46. The lowest BCUT2D eigenvalue weighted by molar-refractivity contribution is -0.217. The number of allylic oxidation sites excluding steroid dienone is 2. The van der Waals surface area contributed by atoms with Crippen molar-refractivity contribution in [1.29, 1.82) is 0 Å². The lowest BCUT2D eigenvalue weighted by Crippen LogP contribution is -2.65. The Morgan fingerprint density at radius 2 is 1.68 bits per heavy atom. The summed E-state index contributed by atoms with van der Waals surface area (Å²) in [7, 11) is 0. The first kappa shape index (κ1) is 34.6. The third kappa shape index (κ3) is 4.87. The van der Waals surface area contributed by atoms with Gasteiger partial charge in [-0.3, -0.25) is 9.59 Å². The molecule has 8 atom stereocenters. The van der Waals surface area contributed by atoms with Crippen LogP contribution in [0.2, 0.25) is 0 Å². The van der Waals surface area contributed by atoms with Crippen molar-refractivity contribution in [2.45, 2.75) is 137 Å². The number of esters is 2. The van der Waals surface area contributed by atoms with E-state index in [1.54, 1.807) is 26.8 Å². The molecule has 7 heteroatoms. The normalized spacial score (nSPS) is 38.9. The SMILES string of the molecule is C/C=C(\C)C(=O)O[C@@H]1[C@@H](C)[C@@]2(C)[C@@H](C=C(CO)C[C@]3(O)C(=O)C(C)=C[C@@]23C)[C@@H]2C(C)(C)[C@]12OC(=O)CCCCCCCCC. The highest BCUT2D eigenvalue weighted by Crippen LogP contribution is 2.81. The van der Waals surface area contributed by atoms with Gasteiger partial charge in [0, 0.05) is 41.1 Å². The van der Waals surface area contributed by atoms with Crippen LogP contribution in [-0.4, -0.2) is 51.8 Å². The second kappa shape index (κ2) is 12.2. The Bertz CT molecular complexity index is 1260. The zero-order valence-corrected chi connectivity index (χ0v) is 28.5. The summed E-state index contributed by atoms with van der Waals surface area (Å²) in [5.74, 6) is -2.05.